The van der Waals surface area contributed by atoms with E-state index in [0.29, 0.717) is 5.92 Å². The van der Waals surface area contributed by atoms with E-state index in [4.69, 9.17) is 0 Å². The van der Waals surface area contributed by atoms with Crippen LogP contribution in [0.2, 0.25) is 5.82 Å². The van der Waals surface area contributed by atoms with Gasteiger partial charge >= 0.3 is 0 Å². The second-order valence-corrected chi connectivity index (χ2v) is 14.9. The third-order valence-electron chi connectivity index (χ3n) is 11.9. The van der Waals surface area contributed by atoms with Gasteiger partial charge in [0.25, 0.3) is 0 Å². The first-order valence-electron chi connectivity index (χ1n) is 18.9. The van der Waals surface area contributed by atoms with Crippen LogP contribution in [0.3, 0.4) is 0 Å². The van der Waals surface area contributed by atoms with Gasteiger partial charge in [0.2, 0.25) is 6.71 Å². The van der Waals surface area contributed by atoms with Crippen LogP contribution in [0.1, 0.15) is 12.5 Å². The molecule has 8 aromatic rings. The van der Waals surface area contributed by atoms with Crippen molar-refractivity contribution >= 4 is 60.7 Å². The van der Waals surface area contributed by atoms with Crippen LogP contribution in [-0.2, 0) is 0 Å². The van der Waals surface area contributed by atoms with Crippen LogP contribution < -0.4 is 10.9 Å². The van der Waals surface area contributed by atoms with Crippen molar-refractivity contribution in [1.29, 1.82) is 0 Å². The largest absolute Gasteiger partial charge is 0.218 e. The molecule has 0 N–H and O–H groups in total. The zero-order chi connectivity index (χ0) is 35.5. The molecule has 10 rings (SSSR count). The fourth-order valence-electron chi connectivity index (χ4n) is 9.51. The number of hydrogen-bond donors (Lipinski definition) is 0. The highest BCUT2D eigenvalue weighted by Gasteiger charge is 2.39. The Hall–Kier alpha value is -6.18. The van der Waals surface area contributed by atoms with Crippen LogP contribution in [0, 0.1) is 12.8 Å². The van der Waals surface area contributed by atoms with Gasteiger partial charge in [0.05, 0.1) is 0 Å². The third-order valence-corrected chi connectivity index (χ3v) is 11.9. The van der Waals surface area contributed by atoms with Crippen LogP contribution in [-0.4, -0.2) is 6.71 Å². The molecule has 2 aliphatic rings. The number of allylic oxidation sites excluding steroid dienone is 8. The van der Waals surface area contributed by atoms with Crippen molar-refractivity contribution < 1.29 is 0 Å². The summed E-state index contributed by atoms with van der Waals surface area (Å²) in [5.74, 6) is 0.583. The highest BCUT2D eigenvalue weighted by Crippen LogP contribution is 2.45. The molecule has 0 nitrogen and oxygen atoms in total. The minimum absolute atomic E-state index is 0.150. The lowest BCUT2D eigenvalue weighted by molar-refractivity contribution is 0.734. The summed E-state index contributed by atoms with van der Waals surface area (Å²) in [5.41, 5.74) is 12.1. The van der Waals surface area contributed by atoms with Crippen molar-refractivity contribution in [1.82, 2.24) is 0 Å². The van der Waals surface area contributed by atoms with Crippen molar-refractivity contribution in [2.75, 3.05) is 0 Å². The van der Waals surface area contributed by atoms with Gasteiger partial charge in [0, 0.05) is 5.92 Å². The fourth-order valence-corrected chi connectivity index (χ4v) is 9.51. The summed E-state index contributed by atoms with van der Waals surface area (Å²) in [4.78, 5) is 0. The highest BCUT2D eigenvalue weighted by molar-refractivity contribution is 6.89. The Kier molecular flexibility index (Phi) is 7.62. The van der Waals surface area contributed by atoms with Crippen molar-refractivity contribution in [2.24, 2.45) is 5.92 Å². The lowest BCUT2D eigenvalue weighted by Gasteiger charge is -2.37. The predicted molar refractivity (Wildman–Crippen MR) is 231 cm³/mol. The van der Waals surface area contributed by atoms with Crippen molar-refractivity contribution in [2.45, 2.75) is 19.7 Å². The zero-order valence-electron chi connectivity index (χ0n) is 30.1. The van der Waals surface area contributed by atoms with Gasteiger partial charge in [-0.3, -0.25) is 0 Å². The van der Waals surface area contributed by atoms with E-state index < -0.39 is 0 Å². The van der Waals surface area contributed by atoms with Crippen molar-refractivity contribution in [3.63, 3.8) is 0 Å². The molecule has 0 aliphatic heterocycles. The van der Waals surface area contributed by atoms with Gasteiger partial charge in [0.15, 0.2) is 0 Å². The zero-order valence-corrected chi connectivity index (χ0v) is 30.1. The smallest absolute Gasteiger partial charge is 0.0771 e. The summed E-state index contributed by atoms with van der Waals surface area (Å²) in [6.07, 6.45) is 13.9. The summed E-state index contributed by atoms with van der Waals surface area (Å²) in [6.45, 7) is 4.80. The molecular weight excluding hydrogens is 635 g/mol. The maximum absolute atomic E-state index is 2.52. The first-order valence-corrected chi connectivity index (χ1v) is 18.9. The van der Waals surface area contributed by atoms with Crippen LogP contribution in [0.4, 0.5) is 0 Å². The average Bonchev–Trinajstić information content (AvgIpc) is 3.21. The van der Waals surface area contributed by atoms with Gasteiger partial charge in [-0.1, -0.05) is 204 Å². The van der Waals surface area contributed by atoms with E-state index in [9.17, 15) is 0 Å². The Bertz CT molecular complexity index is 2820. The SMILES string of the molecule is CC1=CC=C2C=CC=CC2C1B(c1cccc(-c2c3ccccc3c(-c3ccc4ccccc4c3)c3ccccc23)c1)c1c(C)ccc2ccccc12. The molecule has 0 heterocycles. The van der Waals surface area contributed by atoms with Crippen molar-refractivity contribution in [3.05, 3.63) is 205 Å². The number of fused-ring (bicyclic) bond motifs is 5. The molecule has 2 atom stereocenters. The molecule has 0 radical (unpaired) electrons. The Morgan fingerprint density at radius 3 is 1.79 bits per heavy atom. The summed E-state index contributed by atoms with van der Waals surface area (Å²) >= 11 is 0. The summed E-state index contributed by atoms with van der Waals surface area (Å²) < 4.78 is 0. The lowest BCUT2D eigenvalue weighted by Crippen LogP contribution is -2.50. The number of hydrogen-bond acceptors (Lipinski definition) is 0. The molecule has 250 valence electrons. The average molecular weight is 675 g/mol. The molecule has 53 heavy (non-hydrogen) atoms. The molecule has 1 heteroatoms. The molecule has 0 amide bonds. The predicted octanol–water partition coefficient (Wildman–Crippen LogP) is 12.5. The number of aryl methyl sites for hydroxylation is 1. The second-order valence-electron chi connectivity index (χ2n) is 14.9. The third kappa shape index (κ3) is 5.22. The van der Waals surface area contributed by atoms with E-state index >= 15 is 0 Å². The molecule has 2 unspecified atom stereocenters. The second kappa shape index (κ2) is 12.8. The Morgan fingerprint density at radius 1 is 0.472 bits per heavy atom. The standard InChI is InChI=1S/C52H39B/c1-34-26-28-37-15-5-7-20-43(37)51(34)53(52-35(2)27-29-38-16-6-8-21-44(38)52)42-19-13-18-40(33-42)49-45-22-9-11-24-47(45)50(48-25-12-10-23-46(48)49)41-31-30-36-14-3-4-17-39(36)32-41/h3-33,43,51H,1-2H3. The Morgan fingerprint density at radius 2 is 1.08 bits per heavy atom. The molecular formula is C52H39B. The first kappa shape index (κ1) is 31.6. The number of benzene rings is 8. The lowest BCUT2D eigenvalue weighted by atomic mass is 9.29. The van der Waals surface area contributed by atoms with Crippen LogP contribution >= 0.6 is 0 Å². The van der Waals surface area contributed by atoms with Gasteiger partial charge in [-0.2, -0.15) is 0 Å². The van der Waals surface area contributed by atoms with Gasteiger partial charge in [-0.05, 0) is 96.6 Å². The van der Waals surface area contributed by atoms with Crippen LogP contribution in [0.15, 0.2) is 199 Å². The molecule has 0 saturated heterocycles. The minimum atomic E-state index is 0.150. The van der Waals surface area contributed by atoms with Gasteiger partial charge < -0.3 is 0 Å². The first-order chi connectivity index (χ1) is 26.1. The summed E-state index contributed by atoms with van der Waals surface area (Å²) in [6, 6.07) is 56.8. The molecule has 0 bridgehead atoms. The summed E-state index contributed by atoms with van der Waals surface area (Å²) in [5, 5.41) is 10.3. The van der Waals surface area contributed by atoms with Crippen LogP contribution in [0.5, 0.6) is 0 Å². The Labute approximate surface area is 312 Å². The molecule has 2 aliphatic carbocycles. The van der Waals surface area contributed by atoms with Gasteiger partial charge in [-0.25, -0.2) is 0 Å². The normalized spacial score (nSPS) is 16.6. The van der Waals surface area contributed by atoms with Gasteiger partial charge in [-0.15, -0.1) is 0 Å². The quantitative estimate of drug-likeness (QED) is 0.126. The fraction of sp³-hybridized carbons (Fsp3) is 0.0769. The molecule has 8 aromatic carbocycles. The maximum Gasteiger partial charge on any atom is 0.218 e. The van der Waals surface area contributed by atoms with E-state index in [1.54, 1.807) is 0 Å². The van der Waals surface area contributed by atoms with Crippen LogP contribution in [0.25, 0.3) is 65.3 Å². The molecule has 0 aromatic heterocycles. The Balaban J connectivity index is 1.23. The topological polar surface area (TPSA) is 0 Å². The maximum atomic E-state index is 2.52. The number of rotatable bonds is 5. The minimum Gasteiger partial charge on any atom is -0.0771 e. The molecule has 0 spiro atoms. The van der Waals surface area contributed by atoms with Gasteiger partial charge in [0.1, 0.15) is 0 Å². The van der Waals surface area contributed by atoms with Crippen molar-refractivity contribution in [3.8, 4) is 22.3 Å². The van der Waals surface area contributed by atoms with E-state index in [-0.39, 0.29) is 12.5 Å². The monoisotopic (exact) mass is 674 g/mol. The highest BCUT2D eigenvalue weighted by atomic mass is 14.3. The molecule has 0 saturated carbocycles. The van der Waals surface area contributed by atoms with E-state index in [1.807, 2.05) is 0 Å². The van der Waals surface area contributed by atoms with E-state index in [2.05, 4.69) is 202 Å². The molecule has 0 fully saturated rings. The van der Waals surface area contributed by atoms with E-state index in [1.165, 1.54) is 93.0 Å². The summed E-state index contributed by atoms with van der Waals surface area (Å²) in [7, 11) is 0. The van der Waals surface area contributed by atoms with E-state index in [0.717, 1.165) is 0 Å².